The summed E-state index contributed by atoms with van der Waals surface area (Å²) in [5.41, 5.74) is 0.319. The molecule has 5 heteroatoms. The standard InChI is InChI=1S/C21H28N2O3/c1-5-6-18-13-23(14-19(18)22-15(2)24)20(25)17-9-7-16(8-10-17)11-12-21(3,4)26/h7-10,18-19,26H,5-6,13-14H2,1-4H3,(H,22,24). The Morgan fingerprint density at radius 3 is 2.46 bits per heavy atom. The van der Waals surface area contributed by atoms with Gasteiger partial charge >= 0.3 is 0 Å². The van der Waals surface area contributed by atoms with E-state index in [0.717, 1.165) is 18.4 Å². The van der Waals surface area contributed by atoms with Crippen molar-refractivity contribution in [1.82, 2.24) is 10.2 Å². The molecule has 2 amide bonds. The van der Waals surface area contributed by atoms with E-state index < -0.39 is 5.60 Å². The van der Waals surface area contributed by atoms with Crippen LogP contribution in [0.25, 0.3) is 0 Å². The van der Waals surface area contributed by atoms with Gasteiger partial charge in [0.1, 0.15) is 5.60 Å². The lowest BCUT2D eigenvalue weighted by atomic mass is 9.98. The lowest BCUT2D eigenvalue weighted by Gasteiger charge is -2.17. The average Bonchev–Trinajstić information content (AvgIpc) is 2.94. The molecule has 5 nitrogen and oxygen atoms in total. The first-order valence-electron chi connectivity index (χ1n) is 9.11. The van der Waals surface area contributed by atoms with Gasteiger partial charge < -0.3 is 15.3 Å². The molecule has 1 fully saturated rings. The number of nitrogens with one attached hydrogen (secondary N) is 1. The summed E-state index contributed by atoms with van der Waals surface area (Å²) in [6, 6.07) is 7.12. The van der Waals surface area contributed by atoms with Crippen molar-refractivity contribution < 1.29 is 14.7 Å². The van der Waals surface area contributed by atoms with E-state index in [0.29, 0.717) is 24.6 Å². The van der Waals surface area contributed by atoms with Gasteiger partial charge in [-0.1, -0.05) is 25.2 Å². The number of rotatable bonds is 4. The van der Waals surface area contributed by atoms with Gasteiger partial charge in [-0.3, -0.25) is 9.59 Å². The summed E-state index contributed by atoms with van der Waals surface area (Å²) in [5.74, 6) is 5.87. The third-order valence-corrected chi connectivity index (χ3v) is 4.42. The molecule has 2 atom stereocenters. The van der Waals surface area contributed by atoms with Crippen LogP contribution in [-0.2, 0) is 4.79 Å². The summed E-state index contributed by atoms with van der Waals surface area (Å²) in [6.07, 6.45) is 2.01. The SMILES string of the molecule is CCCC1CN(C(=O)c2ccc(C#CC(C)(C)O)cc2)CC1NC(C)=O. The van der Waals surface area contributed by atoms with E-state index in [2.05, 4.69) is 24.1 Å². The normalized spacial score (nSPS) is 19.7. The topological polar surface area (TPSA) is 69.6 Å². The Kier molecular flexibility index (Phi) is 6.44. The van der Waals surface area contributed by atoms with Crippen molar-refractivity contribution in [2.75, 3.05) is 13.1 Å². The van der Waals surface area contributed by atoms with Crippen LogP contribution in [0.15, 0.2) is 24.3 Å². The summed E-state index contributed by atoms with van der Waals surface area (Å²) >= 11 is 0. The first-order chi connectivity index (χ1) is 12.2. The Balaban J connectivity index is 2.08. The Hall–Kier alpha value is -2.32. The highest BCUT2D eigenvalue weighted by Gasteiger charge is 2.35. The molecule has 26 heavy (non-hydrogen) atoms. The average molecular weight is 356 g/mol. The Morgan fingerprint density at radius 2 is 1.92 bits per heavy atom. The van der Waals surface area contributed by atoms with Crippen LogP contribution >= 0.6 is 0 Å². The molecular weight excluding hydrogens is 328 g/mol. The molecule has 140 valence electrons. The molecule has 0 saturated carbocycles. The maximum atomic E-state index is 12.8. The van der Waals surface area contributed by atoms with Crippen LogP contribution in [-0.4, -0.2) is 46.6 Å². The van der Waals surface area contributed by atoms with Crippen molar-refractivity contribution >= 4 is 11.8 Å². The highest BCUT2D eigenvalue weighted by Crippen LogP contribution is 2.23. The molecule has 1 aliphatic heterocycles. The van der Waals surface area contributed by atoms with Crippen molar-refractivity contribution in [3.63, 3.8) is 0 Å². The third kappa shape index (κ3) is 5.60. The first kappa shape index (κ1) is 20.0. The highest BCUT2D eigenvalue weighted by atomic mass is 16.3. The van der Waals surface area contributed by atoms with E-state index in [9.17, 15) is 14.7 Å². The monoisotopic (exact) mass is 356 g/mol. The van der Waals surface area contributed by atoms with Gasteiger partial charge in [0, 0.05) is 31.1 Å². The predicted molar refractivity (Wildman–Crippen MR) is 102 cm³/mol. The van der Waals surface area contributed by atoms with Crippen LogP contribution < -0.4 is 5.32 Å². The van der Waals surface area contributed by atoms with E-state index in [1.165, 1.54) is 6.92 Å². The second-order valence-corrected chi connectivity index (χ2v) is 7.45. The van der Waals surface area contributed by atoms with Crippen LogP contribution in [0.2, 0.25) is 0 Å². The lowest BCUT2D eigenvalue weighted by molar-refractivity contribution is -0.119. The van der Waals surface area contributed by atoms with Gasteiger partial charge in [0.05, 0.1) is 6.04 Å². The number of aliphatic hydroxyl groups is 1. The van der Waals surface area contributed by atoms with Crippen LogP contribution in [0.4, 0.5) is 0 Å². The minimum absolute atomic E-state index is 0.0216. The molecule has 2 rings (SSSR count). The maximum Gasteiger partial charge on any atom is 0.253 e. The van der Waals surface area contributed by atoms with Crippen molar-refractivity contribution in [1.29, 1.82) is 0 Å². The van der Waals surface area contributed by atoms with Crippen molar-refractivity contribution in [2.24, 2.45) is 5.92 Å². The second kappa shape index (κ2) is 8.37. The summed E-state index contributed by atoms with van der Waals surface area (Å²) < 4.78 is 0. The zero-order valence-corrected chi connectivity index (χ0v) is 16.0. The number of carbonyl (C=O) groups is 2. The number of nitrogens with zero attached hydrogens (tertiary/aromatic N) is 1. The summed E-state index contributed by atoms with van der Waals surface area (Å²) in [4.78, 5) is 26.0. The molecular formula is C21H28N2O3. The zero-order valence-electron chi connectivity index (χ0n) is 16.0. The highest BCUT2D eigenvalue weighted by molar-refractivity contribution is 5.94. The van der Waals surface area contributed by atoms with Crippen molar-refractivity contribution in [3.8, 4) is 11.8 Å². The molecule has 0 spiro atoms. The van der Waals surface area contributed by atoms with Gasteiger partial charge in [0.25, 0.3) is 5.91 Å². The summed E-state index contributed by atoms with van der Waals surface area (Å²) in [7, 11) is 0. The molecule has 2 unspecified atom stereocenters. The second-order valence-electron chi connectivity index (χ2n) is 7.45. The minimum Gasteiger partial charge on any atom is -0.378 e. The van der Waals surface area contributed by atoms with Gasteiger partial charge in [-0.25, -0.2) is 0 Å². The maximum absolute atomic E-state index is 12.8. The minimum atomic E-state index is -1.04. The fourth-order valence-corrected chi connectivity index (χ4v) is 3.23. The Bertz CT molecular complexity index is 708. The van der Waals surface area contributed by atoms with Crippen LogP contribution in [0.1, 0.15) is 56.5 Å². The predicted octanol–water partition coefficient (Wildman–Crippen LogP) is 2.19. The molecule has 0 aromatic heterocycles. The molecule has 1 saturated heterocycles. The molecule has 1 aromatic rings. The third-order valence-electron chi connectivity index (χ3n) is 4.42. The summed E-state index contributed by atoms with van der Waals surface area (Å²) in [5, 5.41) is 12.6. The summed E-state index contributed by atoms with van der Waals surface area (Å²) in [6.45, 7) is 8.10. The van der Waals surface area contributed by atoms with Gasteiger partial charge in [0.2, 0.25) is 5.91 Å². The van der Waals surface area contributed by atoms with Crippen LogP contribution in [0.5, 0.6) is 0 Å². The fourth-order valence-electron chi connectivity index (χ4n) is 3.23. The fraction of sp³-hybridized carbons (Fsp3) is 0.524. The Morgan fingerprint density at radius 1 is 1.27 bits per heavy atom. The molecule has 0 bridgehead atoms. The molecule has 1 aliphatic rings. The van der Waals surface area contributed by atoms with Gasteiger partial charge in [-0.05, 0) is 50.5 Å². The van der Waals surface area contributed by atoms with Gasteiger partial charge in [-0.2, -0.15) is 0 Å². The lowest BCUT2D eigenvalue weighted by Crippen LogP contribution is -2.39. The number of carbonyl (C=O) groups excluding carboxylic acids is 2. The Labute approximate surface area is 155 Å². The largest absolute Gasteiger partial charge is 0.378 e. The smallest absolute Gasteiger partial charge is 0.253 e. The molecule has 1 aromatic carbocycles. The number of likely N-dealkylation sites (tertiary alicyclic amines) is 1. The first-order valence-corrected chi connectivity index (χ1v) is 9.11. The number of amides is 2. The molecule has 2 N–H and O–H groups in total. The van der Waals surface area contributed by atoms with E-state index in [-0.39, 0.29) is 17.9 Å². The van der Waals surface area contributed by atoms with E-state index in [4.69, 9.17) is 0 Å². The van der Waals surface area contributed by atoms with Crippen molar-refractivity contribution in [3.05, 3.63) is 35.4 Å². The quantitative estimate of drug-likeness (QED) is 0.813. The molecule has 0 aliphatic carbocycles. The van der Waals surface area contributed by atoms with Gasteiger partial charge in [-0.15, -0.1) is 0 Å². The van der Waals surface area contributed by atoms with Gasteiger partial charge in [0.15, 0.2) is 0 Å². The number of benzene rings is 1. The number of hydrogen-bond donors (Lipinski definition) is 2. The molecule has 1 heterocycles. The number of hydrogen-bond acceptors (Lipinski definition) is 3. The zero-order chi connectivity index (χ0) is 19.3. The van der Waals surface area contributed by atoms with Crippen LogP contribution in [0.3, 0.4) is 0 Å². The van der Waals surface area contributed by atoms with E-state index in [1.807, 2.05) is 4.90 Å². The van der Waals surface area contributed by atoms with Crippen LogP contribution in [0, 0.1) is 17.8 Å². The van der Waals surface area contributed by atoms with E-state index in [1.54, 1.807) is 38.1 Å². The van der Waals surface area contributed by atoms with Crippen molar-refractivity contribution in [2.45, 2.75) is 52.2 Å². The van der Waals surface area contributed by atoms with E-state index >= 15 is 0 Å². The molecule has 0 radical (unpaired) electrons.